The molecule has 0 radical (unpaired) electrons. The number of aromatic nitrogens is 2. The molecule has 3 fully saturated rings. The number of hydrogen-bond donors (Lipinski definition) is 0. The minimum atomic E-state index is -3.54. The van der Waals surface area contributed by atoms with Crippen molar-refractivity contribution in [2.24, 2.45) is 23.7 Å². The zero-order chi connectivity index (χ0) is 36.3. The van der Waals surface area contributed by atoms with E-state index in [4.69, 9.17) is 0 Å². The van der Waals surface area contributed by atoms with E-state index in [9.17, 15) is 13.2 Å². The summed E-state index contributed by atoms with van der Waals surface area (Å²) in [7, 11) is -3.54. The fourth-order valence-electron chi connectivity index (χ4n) is 9.71. The smallest absolute Gasteiger partial charge is 0.206 e. The molecule has 0 bridgehead atoms. The van der Waals surface area contributed by atoms with E-state index in [1.54, 1.807) is 48.5 Å². The molecule has 1 aliphatic carbocycles. The average Bonchev–Trinajstić information content (AvgIpc) is 3.82. The molecule has 2 aliphatic heterocycles. The third-order valence-corrected chi connectivity index (χ3v) is 14.1. The normalized spacial score (nSPS) is 21.5. The highest BCUT2D eigenvalue weighted by Crippen LogP contribution is 2.54. The van der Waals surface area contributed by atoms with Crippen LogP contribution in [-0.4, -0.2) is 61.4 Å². The summed E-state index contributed by atoms with van der Waals surface area (Å²) in [5.41, 5.74) is 1.77. The maximum atomic E-state index is 15.2. The first-order valence-corrected chi connectivity index (χ1v) is 20.5. The number of hydrogen-bond acceptors (Lipinski definition) is 6. The highest BCUT2D eigenvalue weighted by molar-refractivity contribution is 7.91. The summed E-state index contributed by atoms with van der Waals surface area (Å²) in [6, 6.07) is 23.2. The first-order valence-electron chi connectivity index (χ1n) is 19.0. The van der Waals surface area contributed by atoms with Crippen LogP contribution in [0.3, 0.4) is 0 Å². The first kappa shape index (κ1) is 36.3. The van der Waals surface area contributed by atoms with Crippen molar-refractivity contribution < 1.29 is 17.6 Å². The maximum Gasteiger partial charge on any atom is 0.206 e. The van der Waals surface area contributed by atoms with Crippen LogP contribution in [-0.2, 0) is 33.0 Å². The molecule has 0 spiro atoms. The Hall–Kier alpha value is -4.08. The molecular formula is C43H51FN4O3S. The van der Waals surface area contributed by atoms with E-state index in [2.05, 4.69) is 45.1 Å². The summed E-state index contributed by atoms with van der Waals surface area (Å²) in [5.74, 6) is 2.27. The molecule has 0 unspecified atom stereocenters. The summed E-state index contributed by atoms with van der Waals surface area (Å²) in [5, 5.41) is 0. The molecule has 274 valence electrons. The number of rotatable bonds is 14. The van der Waals surface area contributed by atoms with E-state index in [1.165, 1.54) is 6.08 Å². The van der Waals surface area contributed by atoms with Gasteiger partial charge in [-0.25, -0.2) is 17.8 Å². The van der Waals surface area contributed by atoms with Crippen molar-refractivity contribution in [2.45, 2.75) is 73.6 Å². The number of likely N-dealkylation sites (tertiary alicyclic amines) is 1. The van der Waals surface area contributed by atoms with Gasteiger partial charge in [-0.15, -0.1) is 0 Å². The highest BCUT2D eigenvalue weighted by Gasteiger charge is 2.52. The number of ketones is 1. The number of carbonyl (C=O) groups is 1. The molecule has 1 saturated carbocycles. The molecular weight excluding hydrogens is 672 g/mol. The molecule has 7 nitrogen and oxygen atoms in total. The van der Waals surface area contributed by atoms with Gasteiger partial charge in [0.2, 0.25) is 9.84 Å². The molecule has 0 amide bonds. The molecule has 4 aromatic rings. The molecule has 7 rings (SSSR count). The van der Waals surface area contributed by atoms with Gasteiger partial charge in [-0.1, -0.05) is 50.3 Å². The van der Waals surface area contributed by atoms with Gasteiger partial charge in [-0.05, 0) is 117 Å². The van der Waals surface area contributed by atoms with Crippen molar-refractivity contribution in [1.29, 1.82) is 0 Å². The van der Waals surface area contributed by atoms with Crippen molar-refractivity contribution >= 4 is 21.3 Å². The van der Waals surface area contributed by atoms with Crippen molar-refractivity contribution in [3.05, 3.63) is 121 Å². The van der Waals surface area contributed by atoms with Crippen LogP contribution < -0.4 is 4.90 Å². The molecule has 2 saturated heterocycles. The molecule has 3 aromatic carbocycles. The van der Waals surface area contributed by atoms with Gasteiger partial charge in [0.05, 0.1) is 9.79 Å². The van der Waals surface area contributed by atoms with E-state index < -0.39 is 9.84 Å². The fourth-order valence-corrected chi connectivity index (χ4v) is 11.0. The molecule has 52 heavy (non-hydrogen) atoms. The van der Waals surface area contributed by atoms with Crippen molar-refractivity contribution in [2.75, 3.05) is 37.6 Å². The molecule has 9 heteroatoms. The lowest BCUT2D eigenvalue weighted by Crippen LogP contribution is -2.55. The Morgan fingerprint density at radius 3 is 2.38 bits per heavy atom. The predicted molar refractivity (Wildman–Crippen MR) is 204 cm³/mol. The fraction of sp³-hybridized carbons (Fsp3) is 0.442. The summed E-state index contributed by atoms with van der Waals surface area (Å²) >= 11 is 0. The number of imidazole rings is 1. The van der Waals surface area contributed by atoms with Crippen molar-refractivity contribution in [3.63, 3.8) is 0 Å². The first-order chi connectivity index (χ1) is 25.2. The average molecular weight is 723 g/mol. The van der Waals surface area contributed by atoms with Crippen LogP contribution in [0.1, 0.15) is 56.8 Å². The van der Waals surface area contributed by atoms with Crippen LogP contribution in [0.4, 0.5) is 10.1 Å². The number of anilines is 1. The number of sulfone groups is 1. The van der Waals surface area contributed by atoms with E-state index in [0.29, 0.717) is 28.0 Å². The minimum absolute atomic E-state index is 0.0967. The number of carbonyl (C=O) groups excluding carboxylic acids is 1. The number of allylic oxidation sites excluding steroid dienone is 1. The van der Waals surface area contributed by atoms with Gasteiger partial charge in [0.25, 0.3) is 0 Å². The lowest BCUT2D eigenvalue weighted by molar-refractivity contribution is -0.116. The van der Waals surface area contributed by atoms with Crippen LogP contribution in [0.5, 0.6) is 0 Å². The van der Waals surface area contributed by atoms with Crippen LogP contribution in [0, 0.1) is 29.5 Å². The van der Waals surface area contributed by atoms with E-state index in [-0.39, 0.29) is 28.9 Å². The second-order valence-electron chi connectivity index (χ2n) is 15.2. The number of nitrogens with zero attached hydrogens (tertiary/aromatic N) is 4. The summed E-state index contributed by atoms with van der Waals surface area (Å²) in [6.45, 7) is 11.5. The van der Waals surface area contributed by atoms with Crippen LogP contribution >= 0.6 is 0 Å². The quantitative estimate of drug-likeness (QED) is 0.124. The Bertz CT molecular complexity index is 1950. The largest absolute Gasteiger partial charge is 0.371 e. The lowest BCUT2D eigenvalue weighted by atomic mass is 9.56. The van der Waals surface area contributed by atoms with Crippen LogP contribution in [0.2, 0.25) is 0 Å². The van der Waals surface area contributed by atoms with Crippen molar-refractivity contribution in [1.82, 2.24) is 14.5 Å². The van der Waals surface area contributed by atoms with Crippen molar-refractivity contribution in [3.8, 4) is 0 Å². The lowest BCUT2D eigenvalue weighted by Gasteiger charge is -2.52. The highest BCUT2D eigenvalue weighted by atomic mass is 32.2. The topological polar surface area (TPSA) is 75.5 Å². The standard InChI is InChI=1S/C43H51FN4O3S/c1-3-38(49)26-33-10-8-15-41(33)43(35-11-9-12-36(44)27-35,31-47-25-22-45-42(47)4-2)34-20-23-46(24-21-34)28-32-29-48(30-32)37-16-18-40(19-17-37)52(50,51)39-13-6-5-7-14-39/h3,5-7,9,11-14,16-19,22,25,27,32-34,41H,1,4,8,10,15,20-21,23-24,26,28-31H2,2H3/t33-,41+,43+/m1/s1. The van der Waals surface area contributed by atoms with Crippen LogP contribution in [0.15, 0.2) is 114 Å². The monoisotopic (exact) mass is 722 g/mol. The molecule has 3 aliphatic rings. The van der Waals surface area contributed by atoms with Gasteiger partial charge < -0.3 is 14.4 Å². The number of halogens is 1. The second kappa shape index (κ2) is 15.5. The number of aryl methyl sites for hydroxylation is 1. The summed E-state index contributed by atoms with van der Waals surface area (Å²) in [6.07, 6.45) is 11.9. The van der Waals surface area contributed by atoms with Crippen LogP contribution in [0.25, 0.3) is 0 Å². The maximum absolute atomic E-state index is 15.2. The van der Waals surface area contributed by atoms with E-state index in [1.807, 2.05) is 30.5 Å². The number of benzene rings is 3. The Morgan fingerprint density at radius 2 is 1.69 bits per heavy atom. The molecule has 3 heterocycles. The van der Waals surface area contributed by atoms with Gasteiger partial charge >= 0.3 is 0 Å². The Labute approximate surface area is 308 Å². The zero-order valence-corrected chi connectivity index (χ0v) is 31.1. The Morgan fingerprint density at radius 1 is 0.962 bits per heavy atom. The SMILES string of the molecule is C=CC(=O)C[C@H]1CCC[C@@H]1[C@](Cn1ccnc1CC)(c1cccc(F)c1)C1CCN(CC2CN(c3ccc(S(=O)(=O)c4ccccc4)cc3)C2)CC1. The molecule has 3 atom stereocenters. The molecule has 1 aromatic heterocycles. The second-order valence-corrected chi connectivity index (χ2v) is 17.2. The van der Waals surface area contributed by atoms with E-state index in [0.717, 1.165) is 94.9 Å². The zero-order valence-electron chi connectivity index (χ0n) is 30.2. The Balaban J connectivity index is 1.06. The van der Waals surface area contributed by atoms with E-state index >= 15 is 4.39 Å². The third kappa shape index (κ3) is 7.27. The summed E-state index contributed by atoms with van der Waals surface area (Å²) in [4.78, 5) is 23.0. The number of piperidine rings is 1. The molecule has 0 N–H and O–H groups in total. The van der Waals surface area contributed by atoms with Gasteiger partial charge in [-0.2, -0.15) is 0 Å². The minimum Gasteiger partial charge on any atom is -0.371 e. The van der Waals surface area contributed by atoms with Gasteiger partial charge in [0.15, 0.2) is 5.78 Å². The Kier molecular flexibility index (Phi) is 10.8. The third-order valence-electron chi connectivity index (χ3n) is 12.3. The van der Waals surface area contributed by atoms with Gasteiger partial charge in [0.1, 0.15) is 11.6 Å². The van der Waals surface area contributed by atoms with Gasteiger partial charge in [-0.3, -0.25) is 4.79 Å². The summed E-state index contributed by atoms with van der Waals surface area (Å²) < 4.78 is 43.6. The predicted octanol–water partition coefficient (Wildman–Crippen LogP) is 7.77. The van der Waals surface area contributed by atoms with Gasteiger partial charge in [0, 0.05) is 68.4 Å².